The maximum Gasteiger partial charge on any atom is 0.250 e. The van der Waals surface area contributed by atoms with Gasteiger partial charge in [0.05, 0.1) is 32.9 Å². The molecule has 2 amide bonds. The largest absolute Gasteiger partial charge is 0.497 e. The predicted octanol–water partition coefficient (Wildman–Crippen LogP) is 6.74. The molecule has 5 rings (SSSR count). The van der Waals surface area contributed by atoms with Crippen molar-refractivity contribution >= 4 is 28.8 Å². The summed E-state index contributed by atoms with van der Waals surface area (Å²) in [7, 11) is 3.25. The Balaban J connectivity index is 1.47. The van der Waals surface area contributed by atoms with E-state index in [1.165, 1.54) is 11.3 Å². The molecule has 0 bridgehead atoms. The quantitative estimate of drug-likeness (QED) is 0.229. The standard InChI is InChI=1S/C33H35N3O4S/c1-39-27-15-11-25(12-16-27)29-23-41-30(35-29)22-36(31(37)21-24-9-5-3-6-10-24)33(19-7-4-8-20-33)32(38)34-26-13-17-28(40-2)18-14-26/h3,5-6,9-18,23H,4,7-8,19-22H2,1-2H3,(H,34,38). The molecule has 8 heteroatoms. The maximum absolute atomic E-state index is 14.2. The summed E-state index contributed by atoms with van der Waals surface area (Å²) in [6, 6.07) is 24.7. The minimum Gasteiger partial charge on any atom is -0.497 e. The van der Waals surface area contributed by atoms with Gasteiger partial charge in [-0.25, -0.2) is 4.98 Å². The topological polar surface area (TPSA) is 80.8 Å². The molecule has 0 aliphatic heterocycles. The Morgan fingerprint density at radius 1 is 0.878 bits per heavy atom. The Kier molecular flexibility index (Phi) is 8.99. The average molecular weight is 570 g/mol. The molecule has 0 unspecified atom stereocenters. The smallest absolute Gasteiger partial charge is 0.250 e. The summed E-state index contributed by atoms with van der Waals surface area (Å²) in [5.74, 6) is 1.26. The molecule has 41 heavy (non-hydrogen) atoms. The third-order valence-corrected chi connectivity index (χ3v) is 8.53. The number of carbonyl (C=O) groups is 2. The third kappa shape index (κ3) is 6.60. The van der Waals surface area contributed by atoms with Gasteiger partial charge in [0.2, 0.25) is 11.8 Å². The third-order valence-electron chi connectivity index (χ3n) is 7.70. The number of methoxy groups -OCH3 is 2. The van der Waals surface area contributed by atoms with Crippen molar-refractivity contribution in [2.75, 3.05) is 19.5 Å². The molecular formula is C33H35N3O4S. The van der Waals surface area contributed by atoms with Crippen molar-refractivity contribution in [2.45, 2.75) is 50.6 Å². The van der Waals surface area contributed by atoms with Gasteiger partial charge in [-0.2, -0.15) is 0 Å². The molecule has 212 valence electrons. The molecule has 1 aliphatic rings. The highest BCUT2D eigenvalue weighted by molar-refractivity contribution is 7.09. The van der Waals surface area contributed by atoms with Crippen LogP contribution in [0.15, 0.2) is 84.2 Å². The molecule has 4 aromatic rings. The van der Waals surface area contributed by atoms with Crippen LogP contribution in [0.4, 0.5) is 5.69 Å². The molecule has 7 nitrogen and oxygen atoms in total. The minimum absolute atomic E-state index is 0.0795. The van der Waals surface area contributed by atoms with Gasteiger partial charge in [0.15, 0.2) is 0 Å². The van der Waals surface area contributed by atoms with Gasteiger partial charge < -0.3 is 19.7 Å². The van der Waals surface area contributed by atoms with Crippen LogP contribution in [-0.4, -0.2) is 41.5 Å². The van der Waals surface area contributed by atoms with Crippen LogP contribution < -0.4 is 14.8 Å². The number of hydrogen-bond acceptors (Lipinski definition) is 6. The second-order valence-corrected chi connectivity index (χ2v) is 11.2. The maximum atomic E-state index is 14.2. The average Bonchev–Trinajstić information content (AvgIpc) is 3.50. The monoisotopic (exact) mass is 569 g/mol. The fourth-order valence-electron chi connectivity index (χ4n) is 5.44. The van der Waals surface area contributed by atoms with E-state index < -0.39 is 5.54 Å². The van der Waals surface area contributed by atoms with Crippen LogP contribution in [-0.2, 0) is 22.6 Å². The number of anilines is 1. The van der Waals surface area contributed by atoms with E-state index in [1.54, 1.807) is 19.1 Å². The van der Waals surface area contributed by atoms with Crippen LogP contribution in [0.5, 0.6) is 11.5 Å². The van der Waals surface area contributed by atoms with E-state index in [0.29, 0.717) is 24.3 Å². The summed E-state index contributed by atoms with van der Waals surface area (Å²) in [5.41, 5.74) is 2.42. The first-order chi connectivity index (χ1) is 20.0. The van der Waals surface area contributed by atoms with Crippen LogP contribution in [0.25, 0.3) is 11.3 Å². The van der Waals surface area contributed by atoms with Gasteiger partial charge >= 0.3 is 0 Å². The van der Waals surface area contributed by atoms with Gasteiger partial charge in [-0.1, -0.05) is 49.6 Å². The zero-order valence-corrected chi connectivity index (χ0v) is 24.3. The summed E-state index contributed by atoms with van der Waals surface area (Å²) in [4.78, 5) is 34.9. The Morgan fingerprint density at radius 2 is 1.51 bits per heavy atom. The lowest BCUT2D eigenvalue weighted by Crippen LogP contribution is -2.60. The lowest BCUT2D eigenvalue weighted by atomic mass is 9.79. The molecular weight excluding hydrogens is 534 g/mol. The number of nitrogens with one attached hydrogen (secondary N) is 1. The van der Waals surface area contributed by atoms with Crippen LogP contribution in [0, 0.1) is 0 Å². The van der Waals surface area contributed by atoms with Gasteiger partial charge in [-0.05, 0) is 66.9 Å². The first kappa shape index (κ1) is 28.4. The highest BCUT2D eigenvalue weighted by atomic mass is 32.1. The summed E-state index contributed by atoms with van der Waals surface area (Å²) in [5, 5.41) is 5.91. The number of amides is 2. The Labute approximate surface area is 245 Å². The molecule has 0 saturated heterocycles. The number of benzene rings is 3. The van der Waals surface area contributed by atoms with Crippen LogP contribution >= 0.6 is 11.3 Å². The molecule has 1 N–H and O–H groups in total. The number of hydrogen-bond donors (Lipinski definition) is 1. The number of nitrogens with zero attached hydrogens (tertiary/aromatic N) is 2. The van der Waals surface area contributed by atoms with Crippen LogP contribution in [0.2, 0.25) is 0 Å². The van der Waals surface area contributed by atoms with Gasteiger partial charge in [0.25, 0.3) is 0 Å². The highest BCUT2D eigenvalue weighted by Crippen LogP contribution is 2.37. The Hall–Kier alpha value is -4.17. The number of rotatable bonds is 10. The lowest BCUT2D eigenvalue weighted by molar-refractivity contribution is -0.148. The predicted molar refractivity (Wildman–Crippen MR) is 162 cm³/mol. The minimum atomic E-state index is -0.976. The molecule has 0 spiro atoms. The fourth-order valence-corrected chi connectivity index (χ4v) is 6.23. The van der Waals surface area contributed by atoms with Crippen molar-refractivity contribution in [1.29, 1.82) is 0 Å². The number of carbonyl (C=O) groups excluding carboxylic acids is 2. The molecule has 3 aromatic carbocycles. The molecule has 1 aliphatic carbocycles. The fraction of sp³-hybridized carbons (Fsp3) is 0.303. The van der Waals surface area contributed by atoms with Crippen molar-refractivity contribution in [2.24, 2.45) is 0 Å². The normalized spacial score (nSPS) is 14.2. The second kappa shape index (κ2) is 13.0. The van der Waals surface area contributed by atoms with Crippen LogP contribution in [0.1, 0.15) is 42.7 Å². The lowest BCUT2D eigenvalue weighted by Gasteiger charge is -2.45. The van der Waals surface area contributed by atoms with Crippen molar-refractivity contribution < 1.29 is 19.1 Å². The summed E-state index contributed by atoms with van der Waals surface area (Å²) in [6.07, 6.45) is 4.21. The van der Waals surface area contributed by atoms with Crippen molar-refractivity contribution in [3.05, 3.63) is 94.8 Å². The molecule has 0 radical (unpaired) electrons. The summed E-state index contributed by atoms with van der Waals surface area (Å²) >= 11 is 1.51. The van der Waals surface area contributed by atoms with E-state index in [0.717, 1.165) is 46.8 Å². The highest BCUT2D eigenvalue weighted by Gasteiger charge is 2.47. The first-order valence-corrected chi connectivity index (χ1v) is 14.8. The van der Waals surface area contributed by atoms with E-state index in [9.17, 15) is 9.59 Å². The molecule has 1 fully saturated rings. The van der Waals surface area contributed by atoms with E-state index in [1.807, 2.05) is 84.2 Å². The SMILES string of the molecule is COc1ccc(NC(=O)C2(N(Cc3nc(-c4ccc(OC)cc4)cs3)C(=O)Cc3ccccc3)CCCCC2)cc1. The van der Waals surface area contributed by atoms with E-state index in [-0.39, 0.29) is 24.8 Å². The summed E-state index contributed by atoms with van der Waals surface area (Å²) < 4.78 is 10.6. The molecule has 0 atom stereocenters. The van der Waals surface area contributed by atoms with Gasteiger partial charge in [0, 0.05) is 16.6 Å². The van der Waals surface area contributed by atoms with Crippen molar-refractivity contribution in [3.63, 3.8) is 0 Å². The molecule has 1 aromatic heterocycles. The number of thiazole rings is 1. The molecule has 1 heterocycles. The number of aromatic nitrogens is 1. The summed E-state index contributed by atoms with van der Waals surface area (Å²) in [6.45, 7) is 0.266. The Bertz CT molecular complexity index is 1450. The zero-order valence-electron chi connectivity index (χ0n) is 23.5. The van der Waals surface area contributed by atoms with E-state index in [2.05, 4.69) is 5.32 Å². The number of ether oxygens (including phenoxy) is 2. The van der Waals surface area contributed by atoms with Crippen LogP contribution in [0.3, 0.4) is 0 Å². The van der Waals surface area contributed by atoms with Crippen molar-refractivity contribution in [1.82, 2.24) is 9.88 Å². The van der Waals surface area contributed by atoms with E-state index >= 15 is 0 Å². The van der Waals surface area contributed by atoms with Gasteiger partial charge in [0.1, 0.15) is 22.0 Å². The molecule has 1 saturated carbocycles. The van der Waals surface area contributed by atoms with Crippen molar-refractivity contribution in [3.8, 4) is 22.8 Å². The Morgan fingerprint density at radius 3 is 2.15 bits per heavy atom. The van der Waals surface area contributed by atoms with E-state index in [4.69, 9.17) is 14.5 Å². The van der Waals surface area contributed by atoms with Gasteiger partial charge in [-0.15, -0.1) is 11.3 Å². The van der Waals surface area contributed by atoms with Gasteiger partial charge in [-0.3, -0.25) is 9.59 Å². The second-order valence-electron chi connectivity index (χ2n) is 10.3. The first-order valence-electron chi connectivity index (χ1n) is 13.9. The zero-order chi connectivity index (χ0) is 28.7.